The molecule has 118 valence electrons. The number of anilines is 1. The van der Waals surface area contributed by atoms with Crippen molar-refractivity contribution in [1.29, 1.82) is 0 Å². The number of carboxylic acids is 1. The van der Waals surface area contributed by atoms with Gasteiger partial charge in [0.2, 0.25) is 15.4 Å². The molecule has 9 nitrogen and oxygen atoms in total. The number of amides is 1. The molecule has 1 amide bonds. The average Bonchev–Trinajstić information content (AvgIpc) is 2.82. The number of carbonyl (C=O) groups is 2. The lowest BCUT2D eigenvalue weighted by atomic mass is 10.2. The second kappa shape index (κ2) is 7.68. The summed E-state index contributed by atoms with van der Waals surface area (Å²) in [6.07, 6.45) is 1.94. The number of sulfonamides is 1. The highest BCUT2D eigenvalue weighted by atomic mass is 32.2. The standard InChI is InChI=1S/C9H14N4O5S3/c1-5(14)10-8-11-12-9(20-8)21(17,18)13-6(7(15)16)3-4-19-2/h6,13H,3-4H2,1-2H3,(H,15,16)(H,10,11,14)/t6-/m0/s1. The maximum atomic E-state index is 12.0. The number of rotatable bonds is 8. The molecule has 0 unspecified atom stereocenters. The Kier molecular flexibility index (Phi) is 6.51. The quantitative estimate of drug-likeness (QED) is 0.554. The molecule has 1 aromatic heterocycles. The largest absolute Gasteiger partial charge is 0.480 e. The highest BCUT2D eigenvalue weighted by Gasteiger charge is 2.28. The lowest BCUT2D eigenvalue weighted by Crippen LogP contribution is -2.41. The van der Waals surface area contributed by atoms with Gasteiger partial charge in [-0.3, -0.25) is 9.59 Å². The predicted molar refractivity (Wildman–Crippen MR) is 79.0 cm³/mol. The summed E-state index contributed by atoms with van der Waals surface area (Å²) in [4.78, 5) is 21.9. The molecule has 0 aliphatic carbocycles. The molecular weight excluding hydrogens is 340 g/mol. The third kappa shape index (κ3) is 5.57. The molecule has 0 aliphatic rings. The van der Waals surface area contributed by atoms with Crippen LogP contribution in [0.3, 0.4) is 0 Å². The highest BCUT2D eigenvalue weighted by molar-refractivity contribution is 7.98. The number of thioether (sulfide) groups is 1. The van der Waals surface area contributed by atoms with Crippen molar-refractivity contribution >= 4 is 50.1 Å². The fraction of sp³-hybridized carbons (Fsp3) is 0.556. The van der Waals surface area contributed by atoms with Crippen LogP contribution in [0.4, 0.5) is 5.13 Å². The van der Waals surface area contributed by atoms with Gasteiger partial charge in [0.05, 0.1) is 0 Å². The van der Waals surface area contributed by atoms with Crippen LogP contribution in [0.15, 0.2) is 4.34 Å². The molecule has 3 N–H and O–H groups in total. The van der Waals surface area contributed by atoms with E-state index in [-0.39, 0.29) is 11.6 Å². The van der Waals surface area contributed by atoms with E-state index < -0.39 is 32.3 Å². The Morgan fingerprint density at radius 3 is 2.62 bits per heavy atom. The number of hydrogen-bond donors (Lipinski definition) is 3. The van der Waals surface area contributed by atoms with Crippen LogP contribution in [-0.4, -0.2) is 53.6 Å². The molecule has 0 radical (unpaired) electrons. The van der Waals surface area contributed by atoms with E-state index in [1.54, 1.807) is 6.26 Å². The lowest BCUT2D eigenvalue weighted by molar-refractivity contribution is -0.139. The molecule has 0 spiro atoms. The number of carbonyl (C=O) groups excluding carboxylic acids is 1. The second-order valence-corrected chi connectivity index (χ2v) is 7.70. The summed E-state index contributed by atoms with van der Waals surface area (Å²) in [6, 6.07) is -1.24. The van der Waals surface area contributed by atoms with Crippen LogP contribution in [0.1, 0.15) is 13.3 Å². The molecule has 1 atom stereocenters. The SMILES string of the molecule is CSCC[C@H](NS(=O)(=O)c1nnc(NC(C)=O)s1)C(=O)O. The Bertz CT molecular complexity index is 615. The third-order valence-electron chi connectivity index (χ3n) is 2.13. The van der Waals surface area contributed by atoms with Gasteiger partial charge in [0.15, 0.2) is 0 Å². The molecule has 0 bridgehead atoms. The van der Waals surface area contributed by atoms with Gasteiger partial charge < -0.3 is 10.4 Å². The molecule has 0 fully saturated rings. The van der Waals surface area contributed by atoms with Crippen LogP contribution in [0, 0.1) is 0 Å². The zero-order valence-electron chi connectivity index (χ0n) is 11.2. The van der Waals surface area contributed by atoms with Crippen LogP contribution in [0.25, 0.3) is 0 Å². The Hall–Kier alpha value is -1.24. The van der Waals surface area contributed by atoms with Gasteiger partial charge in [-0.05, 0) is 18.4 Å². The van der Waals surface area contributed by atoms with Crippen molar-refractivity contribution in [3.8, 4) is 0 Å². The predicted octanol–water partition coefficient (Wildman–Crippen LogP) is -0.0189. The molecule has 12 heteroatoms. The molecule has 0 aromatic carbocycles. The first kappa shape index (κ1) is 17.8. The van der Waals surface area contributed by atoms with Crippen molar-refractivity contribution < 1.29 is 23.1 Å². The summed E-state index contributed by atoms with van der Waals surface area (Å²) in [7, 11) is -4.10. The van der Waals surface area contributed by atoms with Crippen LogP contribution in [0.2, 0.25) is 0 Å². The van der Waals surface area contributed by atoms with Gasteiger partial charge in [-0.2, -0.15) is 16.5 Å². The van der Waals surface area contributed by atoms with E-state index in [4.69, 9.17) is 5.11 Å². The number of carboxylic acid groups (broad SMARTS) is 1. The molecule has 1 aromatic rings. The van der Waals surface area contributed by atoms with Gasteiger partial charge in [-0.15, -0.1) is 10.2 Å². The number of aliphatic carboxylic acids is 1. The molecule has 1 heterocycles. The van der Waals surface area contributed by atoms with Gasteiger partial charge in [0.25, 0.3) is 10.0 Å². The monoisotopic (exact) mass is 354 g/mol. The molecule has 1 rings (SSSR count). The Labute approximate surface area is 129 Å². The second-order valence-electron chi connectivity index (χ2n) is 3.85. The molecule has 0 saturated carbocycles. The zero-order chi connectivity index (χ0) is 16.0. The van der Waals surface area contributed by atoms with Gasteiger partial charge in [0.1, 0.15) is 6.04 Å². The number of nitrogens with one attached hydrogen (secondary N) is 2. The normalized spacial score (nSPS) is 12.9. The third-order valence-corrected chi connectivity index (χ3v) is 5.45. The van der Waals surface area contributed by atoms with Crippen molar-refractivity contribution in [1.82, 2.24) is 14.9 Å². The van der Waals surface area contributed by atoms with Crippen LogP contribution in [0.5, 0.6) is 0 Å². The zero-order valence-corrected chi connectivity index (χ0v) is 13.6. The molecule has 0 saturated heterocycles. The first-order valence-corrected chi connectivity index (χ1v) is 9.30. The van der Waals surface area contributed by atoms with E-state index in [1.165, 1.54) is 18.7 Å². The van der Waals surface area contributed by atoms with E-state index in [1.807, 2.05) is 0 Å². The maximum absolute atomic E-state index is 12.0. The number of nitrogens with zero attached hydrogens (tertiary/aromatic N) is 2. The van der Waals surface area contributed by atoms with Crippen LogP contribution in [-0.2, 0) is 19.6 Å². The van der Waals surface area contributed by atoms with E-state index in [0.717, 1.165) is 0 Å². The Morgan fingerprint density at radius 1 is 1.43 bits per heavy atom. The van der Waals surface area contributed by atoms with E-state index in [9.17, 15) is 18.0 Å². The summed E-state index contributed by atoms with van der Waals surface area (Å²) < 4.78 is 25.7. The first-order chi connectivity index (χ1) is 9.76. The molecular formula is C9H14N4O5S3. The molecule has 21 heavy (non-hydrogen) atoms. The maximum Gasteiger partial charge on any atom is 0.321 e. The van der Waals surface area contributed by atoms with Gasteiger partial charge >= 0.3 is 5.97 Å². The van der Waals surface area contributed by atoms with Crippen molar-refractivity contribution in [2.75, 3.05) is 17.3 Å². The fourth-order valence-corrected chi connectivity index (χ4v) is 3.88. The fourth-order valence-electron chi connectivity index (χ4n) is 1.23. The van der Waals surface area contributed by atoms with Gasteiger partial charge in [-0.25, -0.2) is 8.42 Å². The lowest BCUT2D eigenvalue weighted by Gasteiger charge is -2.12. The summed E-state index contributed by atoms with van der Waals surface area (Å²) in [5.74, 6) is -1.18. The Morgan fingerprint density at radius 2 is 2.10 bits per heavy atom. The summed E-state index contributed by atoms with van der Waals surface area (Å²) in [6.45, 7) is 1.25. The van der Waals surface area contributed by atoms with Crippen molar-refractivity contribution in [3.05, 3.63) is 0 Å². The van der Waals surface area contributed by atoms with Crippen LogP contribution < -0.4 is 10.0 Å². The van der Waals surface area contributed by atoms with Crippen molar-refractivity contribution in [2.24, 2.45) is 0 Å². The summed E-state index contributed by atoms with van der Waals surface area (Å²) in [5.41, 5.74) is 0. The number of aromatic nitrogens is 2. The topological polar surface area (TPSA) is 138 Å². The summed E-state index contributed by atoms with van der Waals surface area (Å²) in [5, 5.41) is 18.3. The minimum absolute atomic E-state index is 0.0267. The first-order valence-electron chi connectivity index (χ1n) is 5.61. The van der Waals surface area contributed by atoms with E-state index >= 15 is 0 Å². The van der Waals surface area contributed by atoms with Crippen molar-refractivity contribution in [3.63, 3.8) is 0 Å². The number of hydrogen-bond acceptors (Lipinski definition) is 8. The van der Waals surface area contributed by atoms with Gasteiger partial charge in [-0.1, -0.05) is 11.3 Å². The average molecular weight is 354 g/mol. The van der Waals surface area contributed by atoms with Crippen LogP contribution >= 0.6 is 23.1 Å². The minimum atomic E-state index is -4.10. The van der Waals surface area contributed by atoms with E-state index in [0.29, 0.717) is 17.1 Å². The minimum Gasteiger partial charge on any atom is -0.480 e. The van der Waals surface area contributed by atoms with Gasteiger partial charge in [0, 0.05) is 6.92 Å². The van der Waals surface area contributed by atoms with E-state index in [2.05, 4.69) is 20.2 Å². The van der Waals surface area contributed by atoms with Crippen molar-refractivity contribution in [2.45, 2.75) is 23.7 Å². The summed E-state index contributed by atoms with van der Waals surface area (Å²) >= 11 is 2.05. The molecule has 0 aliphatic heterocycles. The Balaban J connectivity index is 2.86. The smallest absolute Gasteiger partial charge is 0.321 e. The highest BCUT2D eigenvalue weighted by Crippen LogP contribution is 2.20.